The number of carboxylic acid groups (broad SMARTS) is 1. The maximum atomic E-state index is 11.2. The molecule has 1 saturated heterocycles. The van der Waals surface area contributed by atoms with Crippen LogP contribution in [0.1, 0.15) is 52.9 Å². The summed E-state index contributed by atoms with van der Waals surface area (Å²) in [4.78, 5) is 13.6. The molecule has 2 atom stereocenters. The third kappa shape index (κ3) is 4.89. The first-order chi connectivity index (χ1) is 13.9. The lowest BCUT2D eigenvalue weighted by Gasteiger charge is -2.40. The van der Waals surface area contributed by atoms with Gasteiger partial charge in [0.15, 0.2) is 0 Å². The molecule has 0 aliphatic carbocycles. The third-order valence-corrected chi connectivity index (χ3v) is 5.65. The van der Waals surface area contributed by atoms with Crippen LogP contribution in [0.25, 0.3) is 0 Å². The van der Waals surface area contributed by atoms with Gasteiger partial charge in [-0.25, -0.2) is 4.79 Å². The van der Waals surface area contributed by atoms with Crippen LogP contribution in [-0.2, 0) is 11.3 Å². The molecule has 3 N–H and O–H groups in total. The molecule has 3 rings (SSSR count). The van der Waals surface area contributed by atoms with Gasteiger partial charge in [0.25, 0.3) is 0 Å². The zero-order valence-electron chi connectivity index (χ0n) is 17.4. The number of anilines is 1. The Balaban J connectivity index is 1.89. The van der Waals surface area contributed by atoms with Gasteiger partial charge < -0.3 is 20.3 Å². The number of nitrogens with two attached hydrogens (primary N) is 1. The van der Waals surface area contributed by atoms with Crippen molar-refractivity contribution in [3.63, 3.8) is 0 Å². The first-order valence-corrected chi connectivity index (χ1v) is 10.0. The number of aromatic carboxylic acids is 1. The maximum Gasteiger partial charge on any atom is 0.335 e. The molecule has 1 fully saturated rings. The fraction of sp³-hybridized carbons (Fsp3) is 0.435. The van der Waals surface area contributed by atoms with Crippen LogP contribution in [0.15, 0.2) is 36.4 Å². The van der Waals surface area contributed by atoms with Gasteiger partial charge in [-0.1, -0.05) is 12.1 Å². The van der Waals surface area contributed by atoms with Gasteiger partial charge in [-0.05, 0) is 62.1 Å². The lowest BCUT2D eigenvalue weighted by Crippen LogP contribution is -2.39. The number of methoxy groups -OCH3 is 1. The summed E-state index contributed by atoms with van der Waals surface area (Å²) in [6.45, 7) is 6.27. The zero-order valence-corrected chi connectivity index (χ0v) is 17.4. The number of likely N-dealkylation sites (tertiary alicyclic amines) is 1. The third-order valence-electron chi connectivity index (χ3n) is 5.65. The molecule has 0 spiro atoms. The van der Waals surface area contributed by atoms with Crippen LogP contribution in [-0.4, -0.2) is 42.3 Å². The van der Waals surface area contributed by atoms with Gasteiger partial charge in [-0.15, -0.1) is 0 Å². The summed E-state index contributed by atoms with van der Waals surface area (Å²) in [6.07, 6.45) is 2.02. The van der Waals surface area contributed by atoms with Crippen molar-refractivity contribution in [2.24, 2.45) is 0 Å². The molecule has 1 aliphatic heterocycles. The van der Waals surface area contributed by atoms with Gasteiger partial charge in [0.1, 0.15) is 5.75 Å². The Hall–Kier alpha value is -2.57. The van der Waals surface area contributed by atoms with Gasteiger partial charge in [0.05, 0.1) is 18.8 Å². The van der Waals surface area contributed by atoms with Crippen LogP contribution in [0.5, 0.6) is 5.75 Å². The van der Waals surface area contributed by atoms with E-state index in [1.165, 1.54) is 0 Å². The summed E-state index contributed by atoms with van der Waals surface area (Å²) in [5.74, 6) is -0.0762. The lowest BCUT2D eigenvalue weighted by molar-refractivity contribution is -0.0139. The Morgan fingerprint density at radius 1 is 1.28 bits per heavy atom. The molecule has 0 radical (unpaired) electrons. The number of hydrogen-bond donors (Lipinski definition) is 2. The van der Waals surface area contributed by atoms with Crippen LogP contribution in [0.2, 0.25) is 0 Å². The van der Waals surface area contributed by atoms with E-state index >= 15 is 0 Å². The number of hydrogen-bond acceptors (Lipinski definition) is 5. The second-order valence-electron chi connectivity index (χ2n) is 7.54. The standard InChI is InChI=1S/C23H30N2O4/c1-4-29-19-9-10-25(14-18-12-20(24)15(2)11-22(18)28-3)21(13-19)16-5-7-17(8-6-16)23(26)27/h5-8,11-12,19,21H,4,9-10,13-14,24H2,1-3H3,(H,26,27)/t19-,21-/m0/s1. The maximum absolute atomic E-state index is 11.2. The van der Waals surface area contributed by atoms with Crippen molar-refractivity contribution in [2.45, 2.75) is 45.4 Å². The van der Waals surface area contributed by atoms with Crippen molar-refractivity contribution < 1.29 is 19.4 Å². The normalized spacial score (nSPS) is 19.8. The Morgan fingerprint density at radius 3 is 2.62 bits per heavy atom. The minimum atomic E-state index is -0.913. The van der Waals surface area contributed by atoms with E-state index in [1.54, 1.807) is 19.2 Å². The average Bonchev–Trinajstić information content (AvgIpc) is 2.72. The van der Waals surface area contributed by atoms with E-state index in [2.05, 4.69) is 4.90 Å². The number of nitrogen functional groups attached to an aromatic ring is 1. The van der Waals surface area contributed by atoms with E-state index in [4.69, 9.17) is 15.2 Å². The van der Waals surface area contributed by atoms with E-state index in [9.17, 15) is 9.90 Å². The smallest absolute Gasteiger partial charge is 0.335 e. The molecular weight excluding hydrogens is 368 g/mol. The molecule has 0 amide bonds. The molecule has 2 aromatic carbocycles. The zero-order chi connectivity index (χ0) is 21.0. The van der Waals surface area contributed by atoms with Crippen molar-refractivity contribution in [3.05, 3.63) is 58.7 Å². The highest BCUT2D eigenvalue weighted by Gasteiger charge is 2.30. The van der Waals surface area contributed by atoms with E-state index < -0.39 is 5.97 Å². The Morgan fingerprint density at radius 2 is 2.00 bits per heavy atom. The minimum Gasteiger partial charge on any atom is -0.496 e. The average molecular weight is 399 g/mol. The molecule has 0 unspecified atom stereocenters. The molecule has 6 heteroatoms. The van der Waals surface area contributed by atoms with E-state index in [1.807, 2.05) is 38.1 Å². The number of ether oxygens (including phenoxy) is 2. The molecule has 0 bridgehead atoms. The lowest BCUT2D eigenvalue weighted by atomic mass is 9.92. The van der Waals surface area contributed by atoms with Crippen LogP contribution in [0.3, 0.4) is 0 Å². The van der Waals surface area contributed by atoms with Crippen molar-refractivity contribution >= 4 is 11.7 Å². The number of carbonyl (C=O) groups is 1. The summed E-state index contributed by atoms with van der Waals surface area (Å²) < 4.78 is 11.5. The first kappa shape index (κ1) is 21.1. The highest BCUT2D eigenvalue weighted by atomic mass is 16.5. The molecule has 29 heavy (non-hydrogen) atoms. The topological polar surface area (TPSA) is 85.0 Å². The van der Waals surface area contributed by atoms with Gasteiger partial charge >= 0.3 is 5.97 Å². The summed E-state index contributed by atoms with van der Waals surface area (Å²) in [5, 5.41) is 9.19. The quantitative estimate of drug-likeness (QED) is 0.685. The molecule has 1 heterocycles. The Bertz CT molecular complexity index is 851. The number of benzene rings is 2. The predicted octanol–water partition coefficient (Wildman–Crippen LogP) is 4.03. The van der Waals surface area contributed by atoms with Gasteiger partial charge in [0.2, 0.25) is 0 Å². The van der Waals surface area contributed by atoms with Gasteiger partial charge in [-0.2, -0.15) is 0 Å². The number of piperidine rings is 1. The number of nitrogens with zero attached hydrogens (tertiary/aromatic N) is 1. The van der Waals surface area contributed by atoms with Gasteiger partial charge in [0, 0.05) is 37.0 Å². The summed E-state index contributed by atoms with van der Waals surface area (Å²) >= 11 is 0. The molecular formula is C23H30N2O4. The monoisotopic (exact) mass is 398 g/mol. The van der Waals surface area contributed by atoms with Crippen LogP contribution >= 0.6 is 0 Å². The minimum absolute atomic E-state index is 0.135. The molecule has 2 aromatic rings. The highest BCUT2D eigenvalue weighted by Crippen LogP contribution is 2.36. The van der Waals surface area contributed by atoms with Crippen molar-refractivity contribution in [1.29, 1.82) is 0 Å². The molecule has 156 valence electrons. The second kappa shape index (κ2) is 9.29. The predicted molar refractivity (Wildman–Crippen MR) is 113 cm³/mol. The second-order valence-corrected chi connectivity index (χ2v) is 7.54. The Labute approximate surface area is 172 Å². The van der Waals surface area contributed by atoms with E-state index in [0.717, 1.165) is 47.5 Å². The Kier molecular flexibility index (Phi) is 6.77. The number of rotatable bonds is 7. The van der Waals surface area contributed by atoms with E-state index in [0.29, 0.717) is 18.7 Å². The largest absolute Gasteiger partial charge is 0.496 e. The number of aryl methyl sites for hydroxylation is 1. The molecule has 0 saturated carbocycles. The van der Waals surface area contributed by atoms with E-state index in [-0.39, 0.29) is 12.1 Å². The van der Waals surface area contributed by atoms with Gasteiger partial charge in [-0.3, -0.25) is 4.90 Å². The van der Waals surface area contributed by atoms with Crippen LogP contribution in [0, 0.1) is 6.92 Å². The van der Waals surface area contributed by atoms with Crippen LogP contribution in [0.4, 0.5) is 5.69 Å². The first-order valence-electron chi connectivity index (χ1n) is 10.0. The fourth-order valence-electron chi connectivity index (χ4n) is 4.03. The van der Waals surface area contributed by atoms with Crippen LogP contribution < -0.4 is 10.5 Å². The summed E-state index contributed by atoms with van der Waals surface area (Å²) in [7, 11) is 1.68. The molecule has 1 aliphatic rings. The number of carboxylic acids is 1. The highest BCUT2D eigenvalue weighted by molar-refractivity contribution is 5.87. The van der Waals surface area contributed by atoms with Crippen molar-refractivity contribution in [1.82, 2.24) is 4.90 Å². The van der Waals surface area contributed by atoms with Crippen molar-refractivity contribution in [3.8, 4) is 5.75 Å². The molecule has 6 nitrogen and oxygen atoms in total. The summed E-state index contributed by atoms with van der Waals surface area (Å²) in [6, 6.07) is 11.3. The summed E-state index contributed by atoms with van der Waals surface area (Å²) in [5.41, 5.74) is 10.4. The molecule has 0 aromatic heterocycles. The van der Waals surface area contributed by atoms with Crippen molar-refractivity contribution in [2.75, 3.05) is 26.0 Å². The fourth-order valence-corrected chi connectivity index (χ4v) is 4.03. The SMILES string of the molecule is CCO[C@H]1CCN(Cc2cc(N)c(C)cc2OC)[C@H](c2ccc(C(=O)O)cc2)C1.